The van der Waals surface area contributed by atoms with Crippen LogP contribution >= 0.6 is 0 Å². The number of carbonyl (C=O) groups excluding carboxylic acids is 1. The van der Waals surface area contributed by atoms with Gasteiger partial charge in [0.1, 0.15) is 5.82 Å². The van der Waals surface area contributed by atoms with Gasteiger partial charge in [-0.3, -0.25) is 0 Å². The molecule has 2 saturated heterocycles. The normalized spacial score (nSPS) is 21.1. The molecule has 2 N–H and O–H groups in total. The van der Waals surface area contributed by atoms with Gasteiger partial charge in [0.2, 0.25) is 0 Å². The number of hydrogen-bond acceptors (Lipinski definition) is 4. The first kappa shape index (κ1) is 15.1. The maximum Gasteiger partial charge on any atom is 0.315 e. The molecule has 1 aromatic rings. The fraction of sp³-hybridized carbons (Fsp3) is 0.625. The molecule has 0 bridgehead atoms. The van der Waals surface area contributed by atoms with Crippen molar-refractivity contribution in [2.75, 3.05) is 31.1 Å². The fourth-order valence-corrected chi connectivity index (χ4v) is 2.91. The van der Waals surface area contributed by atoms with Crippen LogP contribution in [0.2, 0.25) is 0 Å². The number of nitrogens with zero attached hydrogens (tertiary/aromatic N) is 2. The summed E-state index contributed by atoms with van der Waals surface area (Å²) >= 11 is 0. The summed E-state index contributed by atoms with van der Waals surface area (Å²) in [6.45, 7) is 4.07. The van der Waals surface area contributed by atoms with Crippen LogP contribution in [0.4, 0.5) is 10.6 Å². The van der Waals surface area contributed by atoms with E-state index in [1.807, 2.05) is 18.3 Å². The van der Waals surface area contributed by atoms with E-state index in [-0.39, 0.29) is 12.1 Å². The van der Waals surface area contributed by atoms with E-state index in [0.717, 1.165) is 43.9 Å². The molecule has 3 heterocycles. The van der Waals surface area contributed by atoms with Crippen molar-refractivity contribution in [3.8, 4) is 0 Å². The summed E-state index contributed by atoms with van der Waals surface area (Å²) in [5, 5.41) is 5.70. The summed E-state index contributed by atoms with van der Waals surface area (Å²) in [6.07, 6.45) is 6.62. The average molecular weight is 304 g/mol. The van der Waals surface area contributed by atoms with Crippen LogP contribution in [0.3, 0.4) is 0 Å². The van der Waals surface area contributed by atoms with Crippen molar-refractivity contribution in [3.63, 3.8) is 0 Å². The summed E-state index contributed by atoms with van der Waals surface area (Å²) in [5.74, 6) is 1.03. The van der Waals surface area contributed by atoms with Crippen molar-refractivity contribution in [1.82, 2.24) is 15.6 Å². The number of anilines is 1. The SMILES string of the molecule is O=C(NCc1ccc(N2CCCC2)nc1)NCC1CCCO1. The average Bonchev–Trinajstić information content (AvgIpc) is 3.24. The molecule has 22 heavy (non-hydrogen) atoms. The minimum absolute atomic E-state index is 0.154. The first-order valence-corrected chi connectivity index (χ1v) is 8.14. The van der Waals surface area contributed by atoms with Gasteiger partial charge in [0.05, 0.1) is 6.10 Å². The molecule has 2 amide bonds. The number of aromatic nitrogens is 1. The van der Waals surface area contributed by atoms with E-state index in [9.17, 15) is 4.79 Å². The molecule has 3 rings (SSSR count). The number of urea groups is 1. The summed E-state index contributed by atoms with van der Waals surface area (Å²) in [6, 6.07) is 3.91. The van der Waals surface area contributed by atoms with Crippen molar-refractivity contribution >= 4 is 11.8 Å². The van der Waals surface area contributed by atoms with Crippen LogP contribution in [-0.2, 0) is 11.3 Å². The Labute approximate surface area is 131 Å². The Morgan fingerprint density at radius 2 is 2.14 bits per heavy atom. The Morgan fingerprint density at radius 3 is 2.82 bits per heavy atom. The van der Waals surface area contributed by atoms with Gasteiger partial charge in [-0.2, -0.15) is 0 Å². The molecule has 0 saturated carbocycles. The van der Waals surface area contributed by atoms with E-state index in [1.54, 1.807) is 0 Å². The van der Waals surface area contributed by atoms with Gasteiger partial charge in [0, 0.05) is 39.0 Å². The zero-order valence-corrected chi connectivity index (χ0v) is 12.9. The topological polar surface area (TPSA) is 66.5 Å². The highest BCUT2D eigenvalue weighted by molar-refractivity contribution is 5.73. The number of amides is 2. The zero-order chi connectivity index (χ0) is 15.2. The number of hydrogen-bond donors (Lipinski definition) is 2. The predicted octanol–water partition coefficient (Wildman–Crippen LogP) is 1.66. The Kier molecular flexibility index (Phi) is 5.11. The minimum Gasteiger partial charge on any atom is -0.376 e. The summed E-state index contributed by atoms with van der Waals surface area (Å²) < 4.78 is 5.47. The molecule has 2 fully saturated rings. The van der Waals surface area contributed by atoms with E-state index < -0.39 is 0 Å². The Balaban J connectivity index is 1.39. The Hall–Kier alpha value is -1.82. The molecule has 2 aliphatic heterocycles. The number of ether oxygens (including phenoxy) is 1. The highest BCUT2D eigenvalue weighted by atomic mass is 16.5. The third-order valence-corrected chi connectivity index (χ3v) is 4.21. The lowest BCUT2D eigenvalue weighted by molar-refractivity contribution is 0.111. The lowest BCUT2D eigenvalue weighted by atomic mass is 10.2. The molecule has 6 nitrogen and oxygen atoms in total. The lowest BCUT2D eigenvalue weighted by Gasteiger charge is -2.16. The molecule has 1 atom stereocenters. The Bertz CT molecular complexity index is 479. The van der Waals surface area contributed by atoms with Gasteiger partial charge in [-0.05, 0) is 37.3 Å². The third-order valence-electron chi connectivity index (χ3n) is 4.21. The van der Waals surface area contributed by atoms with Crippen LogP contribution in [0.25, 0.3) is 0 Å². The molecule has 0 aromatic carbocycles. The van der Waals surface area contributed by atoms with Crippen molar-refractivity contribution in [2.45, 2.75) is 38.3 Å². The van der Waals surface area contributed by atoms with Gasteiger partial charge in [-0.1, -0.05) is 6.07 Å². The summed E-state index contributed by atoms with van der Waals surface area (Å²) in [7, 11) is 0. The molecule has 0 spiro atoms. The molecular formula is C16H24N4O2. The first-order chi connectivity index (χ1) is 10.8. The third kappa shape index (κ3) is 4.10. The number of carbonyl (C=O) groups is 1. The number of pyridine rings is 1. The van der Waals surface area contributed by atoms with Gasteiger partial charge in [-0.25, -0.2) is 9.78 Å². The maximum atomic E-state index is 11.7. The van der Waals surface area contributed by atoms with Crippen LogP contribution < -0.4 is 15.5 Å². The van der Waals surface area contributed by atoms with Crippen molar-refractivity contribution in [1.29, 1.82) is 0 Å². The molecule has 120 valence electrons. The quantitative estimate of drug-likeness (QED) is 0.868. The Morgan fingerprint density at radius 1 is 1.27 bits per heavy atom. The van der Waals surface area contributed by atoms with Crippen molar-refractivity contribution in [3.05, 3.63) is 23.9 Å². The van der Waals surface area contributed by atoms with E-state index in [4.69, 9.17) is 4.74 Å². The second-order valence-corrected chi connectivity index (χ2v) is 5.92. The second kappa shape index (κ2) is 7.45. The van der Waals surface area contributed by atoms with Gasteiger partial charge in [0.15, 0.2) is 0 Å². The van der Waals surface area contributed by atoms with Gasteiger partial charge >= 0.3 is 6.03 Å². The number of rotatable bonds is 5. The maximum absolute atomic E-state index is 11.7. The minimum atomic E-state index is -0.154. The summed E-state index contributed by atoms with van der Waals surface area (Å²) in [5.41, 5.74) is 1.01. The number of nitrogens with one attached hydrogen (secondary N) is 2. The molecule has 0 radical (unpaired) electrons. The van der Waals surface area contributed by atoms with E-state index in [2.05, 4.69) is 20.5 Å². The molecule has 1 aromatic heterocycles. The van der Waals surface area contributed by atoms with E-state index in [0.29, 0.717) is 13.1 Å². The lowest BCUT2D eigenvalue weighted by Crippen LogP contribution is -2.39. The first-order valence-electron chi connectivity index (χ1n) is 8.14. The largest absolute Gasteiger partial charge is 0.376 e. The smallest absolute Gasteiger partial charge is 0.315 e. The van der Waals surface area contributed by atoms with Crippen molar-refractivity contribution < 1.29 is 9.53 Å². The van der Waals surface area contributed by atoms with Gasteiger partial charge in [0.25, 0.3) is 0 Å². The molecule has 6 heteroatoms. The molecule has 2 aliphatic rings. The monoisotopic (exact) mass is 304 g/mol. The highest BCUT2D eigenvalue weighted by Crippen LogP contribution is 2.17. The highest BCUT2D eigenvalue weighted by Gasteiger charge is 2.16. The van der Waals surface area contributed by atoms with Crippen molar-refractivity contribution in [2.24, 2.45) is 0 Å². The van der Waals surface area contributed by atoms with Gasteiger partial charge < -0.3 is 20.3 Å². The zero-order valence-electron chi connectivity index (χ0n) is 12.9. The molecular weight excluding hydrogens is 280 g/mol. The summed E-state index contributed by atoms with van der Waals surface area (Å²) in [4.78, 5) is 18.5. The van der Waals surface area contributed by atoms with Crippen LogP contribution in [-0.4, -0.2) is 43.4 Å². The molecule has 0 aliphatic carbocycles. The van der Waals surface area contributed by atoms with Gasteiger partial charge in [-0.15, -0.1) is 0 Å². The van der Waals surface area contributed by atoms with Crippen LogP contribution in [0, 0.1) is 0 Å². The van der Waals surface area contributed by atoms with Crippen LogP contribution in [0.15, 0.2) is 18.3 Å². The predicted molar refractivity (Wildman–Crippen MR) is 84.9 cm³/mol. The van der Waals surface area contributed by atoms with Crippen LogP contribution in [0.5, 0.6) is 0 Å². The molecule has 1 unspecified atom stereocenters. The second-order valence-electron chi connectivity index (χ2n) is 5.92. The fourth-order valence-electron chi connectivity index (χ4n) is 2.91. The van der Waals surface area contributed by atoms with E-state index in [1.165, 1.54) is 12.8 Å². The van der Waals surface area contributed by atoms with E-state index >= 15 is 0 Å². The van der Waals surface area contributed by atoms with Crippen LogP contribution in [0.1, 0.15) is 31.2 Å². The standard InChI is InChI=1S/C16H24N4O2/c21-16(19-12-14-4-3-9-22-14)18-11-13-5-6-15(17-10-13)20-7-1-2-8-20/h5-6,10,14H,1-4,7-9,11-12H2,(H2,18,19,21).